The van der Waals surface area contributed by atoms with Crippen molar-refractivity contribution >= 4 is 28.9 Å². The lowest BCUT2D eigenvalue weighted by atomic mass is 10.1. The lowest BCUT2D eigenvalue weighted by Crippen LogP contribution is -2.16. The van der Waals surface area contributed by atoms with E-state index >= 15 is 0 Å². The van der Waals surface area contributed by atoms with E-state index in [9.17, 15) is 9.59 Å². The van der Waals surface area contributed by atoms with E-state index in [0.29, 0.717) is 23.5 Å². The monoisotopic (exact) mass is 359 g/mol. The van der Waals surface area contributed by atoms with Crippen molar-refractivity contribution in [3.63, 3.8) is 0 Å². The Labute approximate surface area is 158 Å². The van der Waals surface area contributed by atoms with E-state index in [1.54, 1.807) is 36.4 Å². The molecular formula is C22H21N3O2. The predicted octanol–water partition coefficient (Wildman–Crippen LogP) is 3.63. The third-order valence-electron chi connectivity index (χ3n) is 3.98. The Morgan fingerprint density at radius 3 is 1.74 bits per heavy atom. The number of amides is 2. The van der Waals surface area contributed by atoms with Crippen molar-refractivity contribution in [2.45, 2.75) is 12.8 Å². The average molecular weight is 359 g/mol. The highest BCUT2D eigenvalue weighted by atomic mass is 16.2. The highest BCUT2D eigenvalue weighted by molar-refractivity contribution is 5.95. The number of benzene rings is 3. The molecule has 0 radical (unpaired) electrons. The molecule has 136 valence electrons. The zero-order valence-corrected chi connectivity index (χ0v) is 14.8. The summed E-state index contributed by atoms with van der Waals surface area (Å²) in [5, 5.41) is 5.70. The van der Waals surface area contributed by atoms with Gasteiger partial charge in [-0.05, 0) is 41.5 Å². The smallest absolute Gasteiger partial charge is 0.228 e. The molecule has 0 bridgehead atoms. The van der Waals surface area contributed by atoms with Gasteiger partial charge < -0.3 is 16.4 Å². The molecule has 4 N–H and O–H groups in total. The highest BCUT2D eigenvalue weighted by Crippen LogP contribution is 2.16. The third-order valence-corrected chi connectivity index (χ3v) is 3.98. The van der Waals surface area contributed by atoms with Crippen LogP contribution in [0.1, 0.15) is 11.1 Å². The molecule has 0 atom stereocenters. The standard InChI is InChI=1S/C22H21N3O2/c23-18-11-9-17(10-12-18)14-22(27)25-20-8-4-7-19(15-20)24-21(26)13-16-5-2-1-3-6-16/h1-12,15H,13-14,23H2,(H,24,26)(H,25,27). The molecule has 0 aliphatic rings. The fraction of sp³-hybridized carbons (Fsp3) is 0.0909. The quantitative estimate of drug-likeness (QED) is 0.588. The number of carbonyl (C=O) groups excluding carboxylic acids is 2. The molecule has 0 saturated carbocycles. The summed E-state index contributed by atoms with van der Waals surface area (Å²) in [6, 6.07) is 23.8. The minimum Gasteiger partial charge on any atom is -0.399 e. The van der Waals surface area contributed by atoms with Gasteiger partial charge in [0.1, 0.15) is 0 Å². The van der Waals surface area contributed by atoms with Gasteiger partial charge in [-0.1, -0.05) is 48.5 Å². The van der Waals surface area contributed by atoms with Crippen LogP contribution in [0.5, 0.6) is 0 Å². The molecule has 0 heterocycles. The Kier molecular flexibility index (Phi) is 5.84. The molecule has 3 aromatic rings. The van der Waals surface area contributed by atoms with Gasteiger partial charge in [-0.2, -0.15) is 0 Å². The van der Waals surface area contributed by atoms with Crippen molar-refractivity contribution in [3.8, 4) is 0 Å². The van der Waals surface area contributed by atoms with E-state index in [2.05, 4.69) is 10.6 Å². The molecule has 3 rings (SSSR count). The van der Waals surface area contributed by atoms with Crippen LogP contribution in [0, 0.1) is 0 Å². The van der Waals surface area contributed by atoms with Gasteiger partial charge in [-0.15, -0.1) is 0 Å². The molecule has 0 spiro atoms. The van der Waals surface area contributed by atoms with E-state index < -0.39 is 0 Å². The molecule has 2 amide bonds. The Morgan fingerprint density at radius 2 is 1.19 bits per heavy atom. The molecule has 0 saturated heterocycles. The molecule has 5 heteroatoms. The predicted molar refractivity (Wildman–Crippen MR) is 108 cm³/mol. The zero-order chi connectivity index (χ0) is 19.1. The van der Waals surface area contributed by atoms with E-state index in [-0.39, 0.29) is 18.2 Å². The summed E-state index contributed by atoms with van der Waals surface area (Å²) in [6.45, 7) is 0. The molecule has 27 heavy (non-hydrogen) atoms. The maximum atomic E-state index is 12.2. The zero-order valence-electron chi connectivity index (χ0n) is 14.8. The van der Waals surface area contributed by atoms with Gasteiger partial charge in [-0.25, -0.2) is 0 Å². The van der Waals surface area contributed by atoms with Crippen LogP contribution < -0.4 is 16.4 Å². The molecular weight excluding hydrogens is 338 g/mol. The third kappa shape index (κ3) is 5.71. The number of hydrogen-bond acceptors (Lipinski definition) is 3. The van der Waals surface area contributed by atoms with Gasteiger partial charge in [0.25, 0.3) is 0 Å². The van der Waals surface area contributed by atoms with Crippen molar-refractivity contribution < 1.29 is 9.59 Å². The number of carbonyl (C=O) groups is 2. The Balaban J connectivity index is 1.57. The summed E-state index contributed by atoms with van der Waals surface area (Å²) in [6.07, 6.45) is 0.555. The van der Waals surface area contributed by atoms with Gasteiger partial charge in [0.05, 0.1) is 12.8 Å². The largest absolute Gasteiger partial charge is 0.399 e. The van der Waals surface area contributed by atoms with Crippen LogP contribution in [0.4, 0.5) is 17.1 Å². The minimum absolute atomic E-state index is 0.105. The van der Waals surface area contributed by atoms with Gasteiger partial charge >= 0.3 is 0 Å². The Bertz CT molecular complexity index is 922. The summed E-state index contributed by atoms with van der Waals surface area (Å²) in [7, 11) is 0. The highest BCUT2D eigenvalue weighted by Gasteiger charge is 2.07. The van der Waals surface area contributed by atoms with Gasteiger partial charge in [0.2, 0.25) is 11.8 Å². The first kappa shape index (κ1) is 18.2. The van der Waals surface area contributed by atoms with Crippen molar-refractivity contribution in [1.82, 2.24) is 0 Å². The van der Waals surface area contributed by atoms with Crippen molar-refractivity contribution in [2.24, 2.45) is 0 Å². The second-order valence-corrected chi connectivity index (χ2v) is 6.26. The second-order valence-electron chi connectivity index (χ2n) is 6.26. The van der Waals surface area contributed by atoms with E-state index in [4.69, 9.17) is 5.73 Å². The first-order valence-corrected chi connectivity index (χ1v) is 8.66. The van der Waals surface area contributed by atoms with E-state index in [0.717, 1.165) is 11.1 Å². The Morgan fingerprint density at radius 1 is 0.667 bits per heavy atom. The van der Waals surface area contributed by atoms with Crippen molar-refractivity contribution in [1.29, 1.82) is 0 Å². The summed E-state index contributed by atoms with van der Waals surface area (Å²) < 4.78 is 0. The average Bonchev–Trinajstić information content (AvgIpc) is 2.64. The molecule has 0 unspecified atom stereocenters. The maximum absolute atomic E-state index is 12.2. The van der Waals surface area contributed by atoms with Gasteiger partial charge in [0, 0.05) is 17.1 Å². The fourth-order valence-corrected chi connectivity index (χ4v) is 2.69. The van der Waals surface area contributed by atoms with Crippen LogP contribution in [0.15, 0.2) is 78.9 Å². The number of anilines is 3. The molecule has 3 aromatic carbocycles. The van der Waals surface area contributed by atoms with Crippen LogP contribution >= 0.6 is 0 Å². The number of nitrogen functional groups attached to an aromatic ring is 1. The summed E-state index contributed by atoms with van der Waals surface area (Å²) in [5.41, 5.74) is 9.42. The number of rotatable bonds is 6. The van der Waals surface area contributed by atoms with Gasteiger partial charge in [-0.3, -0.25) is 9.59 Å². The summed E-state index contributed by atoms with van der Waals surface area (Å²) >= 11 is 0. The molecule has 0 aromatic heterocycles. The molecule has 0 aliphatic heterocycles. The van der Waals surface area contributed by atoms with Crippen LogP contribution in [-0.4, -0.2) is 11.8 Å². The van der Waals surface area contributed by atoms with E-state index in [1.165, 1.54) is 0 Å². The topological polar surface area (TPSA) is 84.2 Å². The number of nitrogens with one attached hydrogen (secondary N) is 2. The first-order chi connectivity index (χ1) is 13.1. The normalized spacial score (nSPS) is 10.2. The fourth-order valence-electron chi connectivity index (χ4n) is 2.69. The van der Waals surface area contributed by atoms with Crippen molar-refractivity contribution in [3.05, 3.63) is 90.0 Å². The van der Waals surface area contributed by atoms with Crippen LogP contribution in [0.2, 0.25) is 0 Å². The lowest BCUT2D eigenvalue weighted by molar-refractivity contribution is -0.116. The van der Waals surface area contributed by atoms with Gasteiger partial charge in [0.15, 0.2) is 0 Å². The maximum Gasteiger partial charge on any atom is 0.228 e. The van der Waals surface area contributed by atoms with Crippen LogP contribution in [0.25, 0.3) is 0 Å². The summed E-state index contributed by atoms with van der Waals surface area (Å²) in [5.74, 6) is -0.237. The molecule has 0 aliphatic carbocycles. The van der Waals surface area contributed by atoms with Crippen molar-refractivity contribution in [2.75, 3.05) is 16.4 Å². The minimum atomic E-state index is -0.132. The van der Waals surface area contributed by atoms with Crippen LogP contribution in [-0.2, 0) is 22.4 Å². The lowest BCUT2D eigenvalue weighted by Gasteiger charge is -2.09. The van der Waals surface area contributed by atoms with Crippen LogP contribution in [0.3, 0.4) is 0 Å². The number of nitrogens with two attached hydrogens (primary N) is 1. The van der Waals surface area contributed by atoms with E-state index in [1.807, 2.05) is 42.5 Å². The Hall–Kier alpha value is -3.60. The second kappa shape index (κ2) is 8.67. The summed E-state index contributed by atoms with van der Waals surface area (Å²) in [4.78, 5) is 24.4. The number of hydrogen-bond donors (Lipinski definition) is 3. The molecule has 5 nitrogen and oxygen atoms in total. The molecule has 0 fully saturated rings. The first-order valence-electron chi connectivity index (χ1n) is 8.66. The SMILES string of the molecule is Nc1ccc(CC(=O)Nc2cccc(NC(=O)Cc3ccccc3)c2)cc1.